The zero-order valence-electron chi connectivity index (χ0n) is 12.1. The van der Waals surface area contributed by atoms with Gasteiger partial charge in [-0.3, -0.25) is 9.59 Å². The molecule has 0 aromatic heterocycles. The van der Waals surface area contributed by atoms with Crippen molar-refractivity contribution in [3.05, 3.63) is 35.4 Å². The second kappa shape index (κ2) is 8.32. The van der Waals surface area contributed by atoms with Crippen molar-refractivity contribution in [3.63, 3.8) is 0 Å². The van der Waals surface area contributed by atoms with E-state index in [1.807, 2.05) is 26.0 Å². The summed E-state index contributed by atoms with van der Waals surface area (Å²) < 4.78 is 0. The summed E-state index contributed by atoms with van der Waals surface area (Å²) in [4.78, 5) is 23.3. The minimum atomic E-state index is -0.165. The van der Waals surface area contributed by atoms with E-state index in [1.54, 1.807) is 12.1 Å². The number of nitrogens with one attached hydrogen (secondary N) is 2. The fourth-order valence-corrected chi connectivity index (χ4v) is 1.78. The maximum atomic E-state index is 11.9. The fraction of sp³-hybridized carbons (Fsp3) is 0.467. The van der Waals surface area contributed by atoms with Gasteiger partial charge in [0.15, 0.2) is 0 Å². The summed E-state index contributed by atoms with van der Waals surface area (Å²) in [5.41, 5.74) is 7.17. The van der Waals surface area contributed by atoms with Gasteiger partial charge in [-0.1, -0.05) is 12.1 Å². The molecule has 5 heteroatoms. The molecule has 5 nitrogen and oxygen atoms in total. The third-order valence-electron chi connectivity index (χ3n) is 2.74. The number of hydrogen-bond acceptors (Lipinski definition) is 3. The second-order valence-corrected chi connectivity index (χ2v) is 4.96. The van der Waals surface area contributed by atoms with Gasteiger partial charge in [-0.25, -0.2) is 0 Å². The van der Waals surface area contributed by atoms with Gasteiger partial charge in [0, 0.05) is 24.6 Å². The van der Waals surface area contributed by atoms with Crippen molar-refractivity contribution < 1.29 is 9.59 Å². The van der Waals surface area contributed by atoms with Crippen molar-refractivity contribution >= 4 is 11.8 Å². The minimum absolute atomic E-state index is 0.0569. The van der Waals surface area contributed by atoms with Gasteiger partial charge in [-0.05, 0) is 44.5 Å². The van der Waals surface area contributed by atoms with E-state index >= 15 is 0 Å². The summed E-state index contributed by atoms with van der Waals surface area (Å²) in [6, 6.07) is 7.46. The molecule has 1 aromatic carbocycles. The topological polar surface area (TPSA) is 84.2 Å². The first-order valence-corrected chi connectivity index (χ1v) is 6.89. The maximum absolute atomic E-state index is 11.9. The van der Waals surface area contributed by atoms with Gasteiger partial charge in [0.25, 0.3) is 5.91 Å². The van der Waals surface area contributed by atoms with Gasteiger partial charge in [-0.15, -0.1) is 0 Å². The molecule has 0 atom stereocenters. The number of carbonyl (C=O) groups excluding carboxylic acids is 2. The Bertz CT molecular complexity index is 441. The zero-order valence-corrected chi connectivity index (χ0v) is 12.1. The van der Waals surface area contributed by atoms with Crippen LogP contribution in [-0.4, -0.2) is 30.9 Å². The lowest BCUT2D eigenvalue weighted by Crippen LogP contribution is -2.34. The first kappa shape index (κ1) is 16.2. The molecule has 20 heavy (non-hydrogen) atoms. The summed E-state index contributed by atoms with van der Waals surface area (Å²) in [6.07, 6.45) is 1.09. The third-order valence-corrected chi connectivity index (χ3v) is 2.74. The molecular weight excluding hydrogens is 254 g/mol. The molecule has 0 aliphatic carbocycles. The summed E-state index contributed by atoms with van der Waals surface area (Å²) >= 11 is 0. The summed E-state index contributed by atoms with van der Waals surface area (Å²) in [5.74, 6) is -0.222. The smallest absolute Gasteiger partial charge is 0.251 e. The van der Waals surface area contributed by atoms with Crippen LogP contribution in [0.3, 0.4) is 0 Å². The first-order chi connectivity index (χ1) is 9.52. The van der Waals surface area contributed by atoms with Crippen LogP contribution in [0.1, 0.15) is 36.2 Å². The predicted octanol–water partition coefficient (Wildman–Crippen LogP) is 0.832. The van der Waals surface area contributed by atoms with Crippen molar-refractivity contribution in [2.45, 2.75) is 32.7 Å². The normalized spacial score (nSPS) is 10.4. The highest BCUT2D eigenvalue weighted by atomic mass is 16.2. The number of carbonyl (C=O) groups is 2. The van der Waals surface area contributed by atoms with Crippen LogP contribution in [0.4, 0.5) is 0 Å². The Labute approximate surface area is 119 Å². The van der Waals surface area contributed by atoms with Gasteiger partial charge >= 0.3 is 0 Å². The van der Waals surface area contributed by atoms with Gasteiger partial charge < -0.3 is 16.4 Å². The van der Waals surface area contributed by atoms with E-state index in [1.165, 1.54) is 0 Å². The highest BCUT2D eigenvalue weighted by molar-refractivity contribution is 5.94. The van der Waals surface area contributed by atoms with Crippen LogP contribution < -0.4 is 16.4 Å². The lowest BCUT2D eigenvalue weighted by Gasteiger charge is -2.09. The van der Waals surface area contributed by atoms with E-state index in [0.717, 1.165) is 12.0 Å². The largest absolute Gasteiger partial charge is 0.354 e. The Morgan fingerprint density at radius 1 is 1.20 bits per heavy atom. The van der Waals surface area contributed by atoms with Crippen LogP contribution in [0.25, 0.3) is 0 Å². The highest BCUT2D eigenvalue weighted by Crippen LogP contribution is 2.04. The van der Waals surface area contributed by atoms with Gasteiger partial charge in [0.05, 0.1) is 0 Å². The Morgan fingerprint density at radius 2 is 1.85 bits per heavy atom. The van der Waals surface area contributed by atoms with Crippen LogP contribution in [0, 0.1) is 0 Å². The predicted molar refractivity (Wildman–Crippen MR) is 79.4 cm³/mol. The van der Waals surface area contributed by atoms with Crippen LogP contribution >= 0.6 is 0 Å². The molecule has 0 unspecified atom stereocenters. The van der Waals surface area contributed by atoms with Crippen molar-refractivity contribution in [3.8, 4) is 0 Å². The quantitative estimate of drug-likeness (QED) is 0.690. The summed E-state index contributed by atoms with van der Waals surface area (Å²) in [5, 5.41) is 5.51. The van der Waals surface area contributed by atoms with Crippen molar-refractivity contribution in [1.82, 2.24) is 10.6 Å². The Morgan fingerprint density at radius 3 is 2.40 bits per heavy atom. The van der Waals surface area contributed by atoms with E-state index < -0.39 is 0 Å². The maximum Gasteiger partial charge on any atom is 0.251 e. The molecule has 1 rings (SSSR count). The van der Waals surface area contributed by atoms with Crippen molar-refractivity contribution in [2.24, 2.45) is 5.73 Å². The summed E-state index contributed by atoms with van der Waals surface area (Å²) in [6.45, 7) is 4.73. The Balaban J connectivity index is 2.37. The van der Waals surface area contributed by atoms with Gasteiger partial charge in [0.2, 0.25) is 5.91 Å². The van der Waals surface area contributed by atoms with Crippen LogP contribution in [0.5, 0.6) is 0 Å². The molecule has 0 saturated heterocycles. The number of benzene rings is 1. The van der Waals surface area contributed by atoms with Gasteiger partial charge in [0.1, 0.15) is 0 Å². The number of rotatable bonds is 7. The monoisotopic (exact) mass is 277 g/mol. The molecule has 1 aromatic rings. The summed E-state index contributed by atoms with van der Waals surface area (Å²) in [7, 11) is 0. The Kier molecular flexibility index (Phi) is 6.73. The first-order valence-electron chi connectivity index (χ1n) is 6.89. The molecule has 0 fully saturated rings. The van der Waals surface area contributed by atoms with Crippen molar-refractivity contribution in [1.29, 1.82) is 0 Å². The molecule has 0 aliphatic heterocycles. The molecule has 0 aliphatic rings. The SMILES string of the molecule is CC(C)NC(=O)CCNC(=O)c1ccc(CCN)cc1. The van der Waals surface area contributed by atoms with E-state index in [-0.39, 0.29) is 24.3 Å². The van der Waals surface area contributed by atoms with Gasteiger partial charge in [-0.2, -0.15) is 0 Å². The molecular formula is C15H23N3O2. The van der Waals surface area contributed by atoms with E-state index in [2.05, 4.69) is 10.6 Å². The molecule has 4 N–H and O–H groups in total. The number of amides is 2. The minimum Gasteiger partial charge on any atom is -0.354 e. The third kappa shape index (κ3) is 5.84. The van der Waals surface area contributed by atoms with E-state index in [4.69, 9.17) is 5.73 Å². The van der Waals surface area contributed by atoms with Crippen molar-refractivity contribution in [2.75, 3.05) is 13.1 Å². The van der Waals surface area contributed by atoms with Crippen LogP contribution in [0.15, 0.2) is 24.3 Å². The van der Waals surface area contributed by atoms with Crippen LogP contribution in [-0.2, 0) is 11.2 Å². The molecule has 0 spiro atoms. The molecule has 110 valence electrons. The molecule has 0 heterocycles. The average molecular weight is 277 g/mol. The number of nitrogens with two attached hydrogens (primary N) is 1. The lowest BCUT2D eigenvalue weighted by atomic mass is 10.1. The van der Waals surface area contributed by atoms with E-state index in [0.29, 0.717) is 18.7 Å². The lowest BCUT2D eigenvalue weighted by molar-refractivity contribution is -0.121. The Hall–Kier alpha value is -1.88. The van der Waals surface area contributed by atoms with E-state index in [9.17, 15) is 9.59 Å². The average Bonchev–Trinajstić information content (AvgIpc) is 2.39. The fourth-order valence-electron chi connectivity index (χ4n) is 1.78. The zero-order chi connectivity index (χ0) is 15.0. The number of hydrogen-bond donors (Lipinski definition) is 3. The highest BCUT2D eigenvalue weighted by Gasteiger charge is 2.07. The molecule has 0 saturated carbocycles. The van der Waals surface area contributed by atoms with Crippen LogP contribution in [0.2, 0.25) is 0 Å². The molecule has 2 amide bonds. The molecule has 0 radical (unpaired) electrons. The second-order valence-electron chi connectivity index (χ2n) is 4.96. The molecule has 0 bridgehead atoms. The standard InChI is InChI=1S/C15H23N3O2/c1-11(2)18-14(19)8-10-17-15(20)13-5-3-12(4-6-13)7-9-16/h3-6,11H,7-10,16H2,1-2H3,(H,17,20)(H,18,19).